The molecule has 3 nitrogen and oxygen atoms in total. The van der Waals surface area contributed by atoms with Crippen molar-refractivity contribution in [3.8, 4) is 0 Å². The van der Waals surface area contributed by atoms with Crippen LogP contribution < -0.4 is 0 Å². The Kier molecular flexibility index (Phi) is 5.84. The summed E-state index contributed by atoms with van der Waals surface area (Å²) in [5.74, 6) is 1.55. The van der Waals surface area contributed by atoms with Gasteiger partial charge in [-0.15, -0.1) is 0 Å². The van der Waals surface area contributed by atoms with Crippen LogP contribution in [0.1, 0.15) is 105 Å². The Balaban J connectivity index is 1.94. The van der Waals surface area contributed by atoms with Crippen molar-refractivity contribution in [2.75, 3.05) is 0 Å². The van der Waals surface area contributed by atoms with Crippen LogP contribution in [-0.2, 0) is 9.59 Å². The summed E-state index contributed by atoms with van der Waals surface area (Å²) in [6.45, 7) is 9.44. The maximum atomic E-state index is 12.6. The van der Waals surface area contributed by atoms with Gasteiger partial charge in [-0.25, -0.2) is 0 Å². The molecule has 2 atom stereocenters. The smallest absolute Gasteiger partial charge is 0.229 e. The maximum absolute atomic E-state index is 12.6. The molecule has 0 aromatic carbocycles. The lowest BCUT2D eigenvalue weighted by Gasteiger charge is -2.51. The molecule has 1 heterocycles. The zero-order chi connectivity index (χ0) is 18.9. The van der Waals surface area contributed by atoms with Gasteiger partial charge in [0.1, 0.15) is 0 Å². The summed E-state index contributed by atoms with van der Waals surface area (Å²) in [6, 6.07) is 0.108. The summed E-state index contributed by atoms with van der Waals surface area (Å²) in [7, 11) is 0. The van der Waals surface area contributed by atoms with Crippen LogP contribution in [0.2, 0.25) is 0 Å². The van der Waals surface area contributed by atoms with Crippen molar-refractivity contribution >= 4 is 11.8 Å². The van der Waals surface area contributed by atoms with Crippen molar-refractivity contribution < 1.29 is 9.59 Å². The molecular weight excluding hydrogens is 322 g/mol. The number of likely N-dealkylation sites (tertiary alicyclic amines) is 1. The number of rotatable bonds is 3. The molecular formula is C23H39NO2. The van der Waals surface area contributed by atoms with Crippen molar-refractivity contribution in [3.05, 3.63) is 0 Å². The maximum Gasteiger partial charge on any atom is 0.229 e. The molecule has 0 radical (unpaired) electrons. The van der Waals surface area contributed by atoms with E-state index in [1.165, 1.54) is 51.4 Å². The number of carbonyl (C=O) groups excluding carboxylic acids is 2. The number of nitrogens with zero attached hydrogens (tertiary/aromatic N) is 1. The fourth-order valence-corrected chi connectivity index (χ4v) is 6.48. The normalized spacial score (nSPS) is 34.2. The van der Waals surface area contributed by atoms with Crippen molar-refractivity contribution in [3.63, 3.8) is 0 Å². The Labute approximate surface area is 160 Å². The summed E-state index contributed by atoms with van der Waals surface area (Å²) in [6.07, 6.45) is 13.4. The number of carbonyl (C=O) groups is 2. The second-order valence-corrected chi connectivity index (χ2v) is 10.5. The largest absolute Gasteiger partial charge is 0.279 e. The van der Waals surface area contributed by atoms with Crippen LogP contribution in [0.25, 0.3) is 0 Å². The molecule has 0 N–H and O–H groups in total. The van der Waals surface area contributed by atoms with Gasteiger partial charge >= 0.3 is 0 Å². The molecule has 2 saturated carbocycles. The quantitative estimate of drug-likeness (QED) is 0.603. The van der Waals surface area contributed by atoms with E-state index in [4.69, 9.17) is 0 Å². The zero-order valence-electron chi connectivity index (χ0n) is 17.5. The third kappa shape index (κ3) is 3.87. The highest BCUT2D eigenvalue weighted by Crippen LogP contribution is 2.54. The molecule has 0 spiro atoms. The van der Waals surface area contributed by atoms with E-state index in [0.29, 0.717) is 24.2 Å². The molecule has 3 rings (SSSR count). The lowest BCUT2D eigenvalue weighted by Crippen LogP contribution is -2.49. The van der Waals surface area contributed by atoms with Crippen LogP contribution in [0.15, 0.2) is 0 Å². The van der Waals surface area contributed by atoms with Gasteiger partial charge in [0, 0.05) is 18.9 Å². The lowest BCUT2D eigenvalue weighted by molar-refractivity contribution is -0.144. The second-order valence-electron chi connectivity index (χ2n) is 10.5. The van der Waals surface area contributed by atoms with E-state index >= 15 is 0 Å². The highest BCUT2D eigenvalue weighted by Gasteiger charge is 2.48. The van der Waals surface area contributed by atoms with E-state index < -0.39 is 0 Å². The molecule has 0 aromatic heterocycles. The molecule has 26 heavy (non-hydrogen) atoms. The van der Waals surface area contributed by atoms with Crippen LogP contribution in [0, 0.1) is 22.7 Å². The molecule has 1 aliphatic heterocycles. The molecule has 3 fully saturated rings. The molecule has 3 aliphatic rings. The summed E-state index contributed by atoms with van der Waals surface area (Å²) in [5, 5.41) is 0. The van der Waals surface area contributed by atoms with Gasteiger partial charge in [0.15, 0.2) is 0 Å². The predicted molar refractivity (Wildman–Crippen MR) is 106 cm³/mol. The Bertz CT molecular complexity index is 516. The average Bonchev–Trinajstić information content (AvgIpc) is 2.90. The van der Waals surface area contributed by atoms with Gasteiger partial charge in [-0.05, 0) is 61.2 Å². The van der Waals surface area contributed by atoms with Gasteiger partial charge in [-0.3, -0.25) is 14.5 Å². The highest BCUT2D eigenvalue weighted by molar-refractivity contribution is 6.02. The van der Waals surface area contributed by atoms with E-state index in [9.17, 15) is 9.59 Å². The summed E-state index contributed by atoms with van der Waals surface area (Å²) in [4.78, 5) is 26.8. The monoisotopic (exact) mass is 361 g/mol. The minimum absolute atomic E-state index is 0.0812. The Morgan fingerprint density at radius 3 is 2.08 bits per heavy atom. The molecule has 2 unspecified atom stereocenters. The van der Waals surface area contributed by atoms with Crippen molar-refractivity contribution in [2.24, 2.45) is 22.7 Å². The highest BCUT2D eigenvalue weighted by atomic mass is 16.2. The summed E-state index contributed by atoms with van der Waals surface area (Å²) < 4.78 is 0. The van der Waals surface area contributed by atoms with Gasteiger partial charge < -0.3 is 0 Å². The van der Waals surface area contributed by atoms with Crippen molar-refractivity contribution in [1.82, 2.24) is 4.90 Å². The van der Waals surface area contributed by atoms with E-state index in [1.54, 1.807) is 4.90 Å². The number of imide groups is 1. The van der Waals surface area contributed by atoms with E-state index in [1.807, 2.05) is 0 Å². The molecule has 2 aliphatic carbocycles. The topological polar surface area (TPSA) is 37.4 Å². The second kappa shape index (κ2) is 7.64. The number of hydrogen-bond acceptors (Lipinski definition) is 2. The number of hydrogen-bond donors (Lipinski definition) is 0. The van der Waals surface area contributed by atoms with Gasteiger partial charge in [0.25, 0.3) is 0 Å². The molecule has 2 amide bonds. The molecule has 148 valence electrons. The number of amides is 2. The first-order valence-corrected chi connectivity index (χ1v) is 11.1. The van der Waals surface area contributed by atoms with Crippen molar-refractivity contribution in [1.29, 1.82) is 0 Å². The molecule has 1 saturated heterocycles. The average molecular weight is 362 g/mol. The van der Waals surface area contributed by atoms with Crippen molar-refractivity contribution in [2.45, 2.75) is 111 Å². The molecule has 0 aromatic rings. The first kappa shape index (κ1) is 19.9. The SMILES string of the molecule is CC(C)C1(C2CCCCC2)CCCC(C)(C)CC(N2C(=O)CCC2=O)C1. The molecule has 3 heteroatoms. The predicted octanol–water partition coefficient (Wildman–Crippen LogP) is 5.72. The first-order valence-electron chi connectivity index (χ1n) is 11.1. The fourth-order valence-electron chi connectivity index (χ4n) is 6.48. The van der Waals surface area contributed by atoms with E-state index in [-0.39, 0.29) is 23.3 Å². The minimum atomic E-state index is 0.0812. The van der Waals surface area contributed by atoms with Crippen LogP contribution in [-0.4, -0.2) is 22.8 Å². The van der Waals surface area contributed by atoms with Crippen LogP contribution >= 0.6 is 0 Å². The van der Waals surface area contributed by atoms with Crippen LogP contribution in [0.3, 0.4) is 0 Å². The third-order valence-electron chi connectivity index (χ3n) is 7.92. The Hall–Kier alpha value is -0.860. The standard InChI is InChI=1S/C23H39NO2/c1-17(2)23(18-9-6-5-7-10-18)14-8-13-22(3,4)15-19(16-23)24-20(25)11-12-21(24)26/h17-19H,5-16H2,1-4H3. The van der Waals surface area contributed by atoms with Crippen LogP contribution in [0.5, 0.6) is 0 Å². The molecule has 0 bridgehead atoms. The fraction of sp³-hybridized carbons (Fsp3) is 0.913. The minimum Gasteiger partial charge on any atom is -0.279 e. The Morgan fingerprint density at radius 2 is 1.50 bits per heavy atom. The van der Waals surface area contributed by atoms with Gasteiger partial charge in [-0.1, -0.05) is 53.4 Å². The van der Waals surface area contributed by atoms with E-state index in [0.717, 1.165) is 18.8 Å². The summed E-state index contributed by atoms with van der Waals surface area (Å²) >= 11 is 0. The first-order chi connectivity index (χ1) is 12.3. The van der Waals surface area contributed by atoms with Gasteiger partial charge in [-0.2, -0.15) is 0 Å². The third-order valence-corrected chi connectivity index (χ3v) is 7.92. The Morgan fingerprint density at radius 1 is 0.885 bits per heavy atom. The van der Waals surface area contributed by atoms with Gasteiger partial charge in [0.2, 0.25) is 11.8 Å². The summed E-state index contributed by atoms with van der Waals surface area (Å²) in [5.41, 5.74) is 0.508. The van der Waals surface area contributed by atoms with Crippen LogP contribution in [0.4, 0.5) is 0 Å². The zero-order valence-corrected chi connectivity index (χ0v) is 17.5. The lowest BCUT2D eigenvalue weighted by atomic mass is 9.56. The van der Waals surface area contributed by atoms with Gasteiger partial charge in [0.05, 0.1) is 0 Å². The van der Waals surface area contributed by atoms with E-state index in [2.05, 4.69) is 27.7 Å².